The lowest BCUT2D eigenvalue weighted by atomic mass is 9.96. The molecule has 0 radical (unpaired) electrons. The van der Waals surface area contributed by atoms with Gasteiger partial charge in [-0.3, -0.25) is 0 Å². The van der Waals surface area contributed by atoms with Gasteiger partial charge in [0.05, 0.1) is 6.20 Å². The lowest BCUT2D eigenvalue weighted by Crippen LogP contribution is -2.36. The lowest BCUT2D eigenvalue weighted by molar-refractivity contribution is 0.290. The molecule has 6 nitrogen and oxygen atoms in total. The lowest BCUT2D eigenvalue weighted by Gasteiger charge is -2.30. The van der Waals surface area contributed by atoms with Gasteiger partial charge in [0.1, 0.15) is 12.4 Å². The first-order valence-electron chi connectivity index (χ1n) is 10.8. The molecule has 2 N–H and O–H groups in total. The molecule has 156 valence electrons. The minimum Gasteiger partial charge on any atom is -0.472 e. The number of oxazole rings is 1. The average Bonchev–Trinajstić information content (AvgIpc) is 3.08. The maximum Gasteiger partial charge on any atom is 0.223 e. The van der Waals surface area contributed by atoms with E-state index in [-0.39, 0.29) is 6.04 Å². The largest absolute Gasteiger partial charge is 0.472 e. The number of aryl methyl sites for hydroxylation is 1. The Balaban J connectivity index is 1.42. The van der Waals surface area contributed by atoms with Gasteiger partial charge in [0.15, 0.2) is 11.7 Å². The molecule has 3 heterocycles. The summed E-state index contributed by atoms with van der Waals surface area (Å²) in [5.74, 6) is 3.09. The summed E-state index contributed by atoms with van der Waals surface area (Å²) in [6, 6.07) is 11.2. The van der Waals surface area contributed by atoms with Crippen LogP contribution in [0.4, 0.5) is 5.82 Å². The van der Waals surface area contributed by atoms with E-state index >= 15 is 0 Å². The highest BCUT2D eigenvalue weighted by molar-refractivity contribution is 5.77. The maximum atomic E-state index is 6.28. The molecule has 1 aromatic carbocycles. The van der Waals surface area contributed by atoms with Crippen LogP contribution in [0.1, 0.15) is 43.6 Å². The van der Waals surface area contributed by atoms with E-state index < -0.39 is 0 Å². The van der Waals surface area contributed by atoms with Crippen molar-refractivity contribution >= 4 is 5.82 Å². The minimum absolute atomic E-state index is 0.281. The van der Waals surface area contributed by atoms with Gasteiger partial charge in [-0.05, 0) is 48.6 Å². The number of nitrogens with two attached hydrogens (primary N) is 1. The summed E-state index contributed by atoms with van der Waals surface area (Å²) in [6.07, 6.45) is 7.51. The molecule has 0 amide bonds. The second-order valence-electron chi connectivity index (χ2n) is 8.47. The standard InChI is InChI=1S/C24H28N4O2/c1-15-26-13-22(30-15)16-7-8-20-17(11-16)14-29-24-21(20)9-10-23(27-24)28(2)19-6-4-3-5-18(25)12-19/h7-11,13,18-19H,3-6,12,14,25H2,1-2H3. The fourth-order valence-corrected chi connectivity index (χ4v) is 4.62. The number of aromatic nitrogens is 2. The predicted molar refractivity (Wildman–Crippen MR) is 117 cm³/mol. The number of nitrogens with zero attached hydrogens (tertiary/aromatic N) is 3. The van der Waals surface area contributed by atoms with Gasteiger partial charge in [-0.1, -0.05) is 25.0 Å². The Kier molecular flexibility index (Phi) is 4.95. The van der Waals surface area contributed by atoms with Crippen LogP contribution in [0.2, 0.25) is 0 Å². The van der Waals surface area contributed by atoms with Crippen molar-refractivity contribution in [1.82, 2.24) is 9.97 Å². The van der Waals surface area contributed by atoms with E-state index in [0.717, 1.165) is 53.1 Å². The van der Waals surface area contributed by atoms with Gasteiger partial charge in [-0.15, -0.1) is 0 Å². The van der Waals surface area contributed by atoms with Crippen LogP contribution >= 0.6 is 0 Å². The Hall–Kier alpha value is -2.86. The van der Waals surface area contributed by atoms with Gasteiger partial charge in [-0.2, -0.15) is 4.98 Å². The second kappa shape index (κ2) is 7.76. The van der Waals surface area contributed by atoms with Crippen LogP contribution in [0.5, 0.6) is 5.88 Å². The Labute approximate surface area is 177 Å². The zero-order valence-electron chi connectivity index (χ0n) is 17.6. The molecule has 5 rings (SSSR count). The molecule has 1 saturated carbocycles. The van der Waals surface area contributed by atoms with Gasteiger partial charge in [0.2, 0.25) is 5.88 Å². The topological polar surface area (TPSA) is 77.4 Å². The average molecular weight is 405 g/mol. The van der Waals surface area contributed by atoms with Gasteiger partial charge >= 0.3 is 0 Å². The maximum absolute atomic E-state index is 6.28. The Morgan fingerprint density at radius 3 is 2.77 bits per heavy atom. The van der Waals surface area contributed by atoms with E-state index in [2.05, 4.69) is 47.3 Å². The number of hydrogen-bond donors (Lipinski definition) is 1. The number of rotatable bonds is 3. The van der Waals surface area contributed by atoms with Crippen molar-refractivity contribution in [3.05, 3.63) is 48.0 Å². The summed E-state index contributed by atoms with van der Waals surface area (Å²) in [4.78, 5) is 11.3. The highest BCUT2D eigenvalue weighted by Crippen LogP contribution is 2.39. The first-order chi connectivity index (χ1) is 14.6. The summed E-state index contributed by atoms with van der Waals surface area (Å²) < 4.78 is 11.7. The smallest absolute Gasteiger partial charge is 0.223 e. The van der Waals surface area contributed by atoms with E-state index in [1.165, 1.54) is 12.8 Å². The molecule has 1 aliphatic carbocycles. The molecular weight excluding hydrogens is 376 g/mol. The summed E-state index contributed by atoms with van der Waals surface area (Å²) in [7, 11) is 2.12. The van der Waals surface area contributed by atoms with E-state index in [1.54, 1.807) is 6.20 Å². The van der Waals surface area contributed by atoms with Crippen LogP contribution < -0.4 is 15.4 Å². The van der Waals surface area contributed by atoms with Crippen LogP contribution in [-0.2, 0) is 6.61 Å². The first-order valence-corrected chi connectivity index (χ1v) is 10.8. The molecule has 0 bridgehead atoms. The van der Waals surface area contributed by atoms with Crippen molar-refractivity contribution in [2.24, 2.45) is 5.73 Å². The minimum atomic E-state index is 0.281. The molecule has 2 aromatic heterocycles. The highest BCUT2D eigenvalue weighted by atomic mass is 16.5. The van der Waals surface area contributed by atoms with E-state index in [0.29, 0.717) is 24.4 Å². The van der Waals surface area contributed by atoms with E-state index in [4.69, 9.17) is 19.9 Å². The number of ether oxygens (including phenoxy) is 1. The van der Waals surface area contributed by atoms with Crippen molar-refractivity contribution in [3.63, 3.8) is 0 Å². The predicted octanol–water partition coefficient (Wildman–Crippen LogP) is 4.70. The van der Waals surface area contributed by atoms with Crippen LogP contribution in [-0.4, -0.2) is 29.1 Å². The van der Waals surface area contributed by atoms with Gasteiger partial charge in [0.25, 0.3) is 0 Å². The fraction of sp³-hybridized carbons (Fsp3) is 0.417. The van der Waals surface area contributed by atoms with Crippen molar-refractivity contribution in [2.75, 3.05) is 11.9 Å². The zero-order valence-corrected chi connectivity index (χ0v) is 17.6. The highest BCUT2D eigenvalue weighted by Gasteiger charge is 2.25. The third-order valence-corrected chi connectivity index (χ3v) is 6.36. The quantitative estimate of drug-likeness (QED) is 0.638. The SMILES string of the molecule is Cc1ncc(-c2ccc3c(c2)COc2nc(N(C)C4CCCCC(N)C4)ccc2-3)o1. The normalized spacial score (nSPS) is 20.6. The third-order valence-electron chi connectivity index (χ3n) is 6.36. The van der Waals surface area contributed by atoms with Crippen molar-refractivity contribution in [1.29, 1.82) is 0 Å². The molecule has 2 aliphatic rings. The first kappa shape index (κ1) is 19.1. The summed E-state index contributed by atoms with van der Waals surface area (Å²) in [5, 5.41) is 0. The van der Waals surface area contributed by atoms with Gasteiger partial charge in [0, 0.05) is 37.2 Å². The monoisotopic (exact) mass is 404 g/mol. The molecular formula is C24H28N4O2. The summed E-state index contributed by atoms with van der Waals surface area (Å²) >= 11 is 0. The van der Waals surface area contributed by atoms with Crippen molar-refractivity contribution in [3.8, 4) is 28.3 Å². The van der Waals surface area contributed by atoms with Crippen LogP contribution in [0.15, 0.2) is 40.9 Å². The Morgan fingerprint density at radius 1 is 1.10 bits per heavy atom. The number of anilines is 1. The molecule has 3 aromatic rings. The molecule has 30 heavy (non-hydrogen) atoms. The molecule has 1 aliphatic heterocycles. The van der Waals surface area contributed by atoms with Crippen molar-refractivity contribution < 1.29 is 9.15 Å². The molecule has 0 spiro atoms. The molecule has 2 atom stereocenters. The number of pyridine rings is 1. The summed E-state index contributed by atoms with van der Waals surface area (Å²) in [6.45, 7) is 2.35. The zero-order chi connectivity index (χ0) is 20.7. The Morgan fingerprint density at radius 2 is 1.93 bits per heavy atom. The second-order valence-corrected chi connectivity index (χ2v) is 8.47. The third kappa shape index (κ3) is 3.56. The molecule has 2 unspecified atom stereocenters. The van der Waals surface area contributed by atoms with Crippen LogP contribution in [0.25, 0.3) is 22.5 Å². The number of fused-ring (bicyclic) bond motifs is 3. The Bertz CT molecular complexity index is 1060. The van der Waals surface area contributed by atoms with Crippen LogP contribution in [0, 0.1) is 6.92 Å². The number of hydrogen-bond acceptors (Lipinski definition) is 6. The molecule has 1 fully saturated rings. The number of benzene rings is 1. The fourth-order valence-electron chi connectivity index (χ4n) is 4.62. The van der Waals surface area contributed by atoms with Crippen molar-refractivity contribution in [2.45, 2.75) is 57.7 Å². The van der Waals surface area contributed by atoms with E-state index in [9.17, 15) is 0 Å². The molecule has 6 heteroatoms. The molecule has 0 saturated heterocycles. The van der Waals surface area contributed by atoms with Crippen LogP contribution in [0.3, 0.4) is 0 Å². The van der Waals surface area contributed by atoms with Gasteiger partial charge in [-0.25, -0.2) is 4.98 Å². The summed E-state index contributed by atoms with van der Waals surface area (Å²) in [5.41, 5.74) is 10.6. The van der Waals surface area contributed by atoms with E-state index in [1.807, 2.05) is 6.92 Å². The van der Waals surface area contributed by atoms with Gasteiger partial charge < -0.3 is 19.8 Å².